The molecule has 0 saturated carbocycles. The largest absolute Gasteiger partial charge is 0.494 e. The zero-order valence-electron chi connectivity index (χ0n) is 21.9. The summed E-state index contributed by atoms with van der Waals surface area (Å²) >= 11 is 12.3. The summed E-state index contributed by atoms with van der Waals surface area (Å²) in [5.74, 6) is 1.33. The number of ether oxygens (including phenoxy) is 2. The van der Waals surface area contributed by atoms with Crippen LogP contribution in [-0.2, 0) is 0 Å². The fraction of sp³-hybridized carbons (Fsp3) is 0.538. The van der Waals surface area contributed by atoms with Crippen molar-refractivity contribution in [3.63, 3.8) is 0 Å². The highest BCUT2D eigenvalue weighted by Crippen LogP contribution is 2.41. The third kappa shape index (κ3) is 8.53. The van der Waals surface area contributed by atoms with Crippen molar-refractivity contribution in [2.24, 2.45) is 10.2 Å². The van der Waals surface area contributed by atoms with E-state index in [1.54, 1.807) is 32.4 Å². The minimum atomic E-state index is 0.472. The van der Waals surface area contributed by atoms with Crippen molar-refractivity contribution in [3.05, 3.63) is 40.4 Å². The number of rotatable bonds is 15. The molecular weight excluding hydrogens is 485 g/mol. The molecule has 0 heterocycles. The third-order valence-corrected chi connectivity index (χ3v) is 6.71. The molecule has 0 radical (unpaired) electrons. The van der Waals surface area contributed by atoms with E-state index in [0.29, 0.717) is 27.2 Å². The average Bonchev–Trinajstić information content (AvgIpc) is 2.88. The molecule has 2 aromatic rings. The lowest BCUT2D eigenvalue weighted by atomic mass is 10.2. The molecule has 0 aromatic heterocycles. The molecule has 0 fully saturated rings. The summed E-state index contributed by atoms with van der Waals surface area (Å²) in [4.78, 5) is 7.21. The van der Waals surface area contributed by atoms with Crippen molar-refractivity contribution < 1.29 is 9.47 Å². The Hall–Kier alpha value is -2.06. The predicted molar refractivity (Wildman–Crippen MR) is 148 cm³/mol. The summed E-state index contributed by atoms with van der Waals surface area (Å²) in [5.41, 5.74) is 2.02. The number of anilines is 1. The maximum absolute atomic E-state index is 6.25. The van der Waals surface area contributed by atoms with Crippen LogP contribution in [0.3, 0.4) is 0 Å². The Morgan fingerprint density at radius 3 is 1.74 bits per heavy atom. The molecule has 0 N–H and O–H groups in total. The van der Waals surface area contributed by atoms with Gasteiger partial charge in [0.15, 0.2) is 0 Å². The molecule has 9 heteroatoms. The van der Waals surface area contributed by atoms with Crippen LogP contribution in [0.1, 0.15) is 27.7 Å². The third-order valence-electron chi connectivity index (χ3n) is 6.16. The van der Waals surface area contributed by atoms with Gasteiger partial charge in [-0.2, -0.15) is 0 Å². The number of methoxy groups -OCH3 is 2. The number of halogens is 2. The fourth-order valence-corrected chi connectivity index (χ4v) is 4.14. The second-order valence-corrected chi connectivity index (χ2v) is 8.88. The van der Waals surface area contributed by atoms with Crippen LogP contribution in [0.2, 0.25) is 10.0 Å². The van der Waals surface area contributed by atoms with Crippen LogP contribution in [0.25, 0.3) is 0 Å². The second kappa shape index (κ2) is 15.1. The van der Waals surface area contributed by atoms with Gasteiger partial charge in [0, 0.05) is 43.3 Å². The summed E-state index contributed by atoms with van der Waals surface area (Å²) < 4.78 is 11.5. The van der Waals surface area contributed by atoms with Crippen LogP contribution in [0, 0.1) is 0 Å². The van der Waals surface area contributed by atoms with Crippen molar-refractivity contribution >= 4 is 40.3 Å². The summed E-state index contributed by atoms with van der Waals surface area (Å²) in [6.45, 7) is 16.5. The van der Waals surface area contributed by atoms with Crippen molar-refractivity contribution in [2.75, 3.05) is 71.5 Å². The van der Waals surface area contributed by atoms with E-state index in [0.717, 1.165) is 63.8 Å². The highest BCUT2D eigenvalue weighted by Gasteiger charge is 2.18. The van der Waals surface area contributed by atoms with Crippen LogP contribution >= 0.6 is 23.2 Å². The molecule has 7 nitrogen and oxygen atoms in total. The molecule has 2 rings (SSSR count). The maximum atomic E-state index is 6.25. The first kappa shape index (κ1) is 29.2. The van der Waals surface area contributed by atoms with Crippen LogP contribution in [0.4, 0.5) is 17.1 Å². The fourth-order valence-electron chi connectivity index (χ4n) is 3.82. The number of benzene rings is 2. The molecule has 194 valence electrons. The van der Waals surface area contributed by atoms with Gasteiger partial charge in [0.1, 0.15) is 22.9 Å². The molecule has 0 aliphatic heterocycles. The smallest absolute Gasteiger partial charge is 0.148 e. The zero-order valence-corrected chi connectivity index (χ0v) is 23.4. The highest BCUT2D eigenvalue weighted by molar-refractivity contribution is 6.35. The van der Waals surface area contributed by atoms with Gasteiger partial charge in [0.25, 0.3) is 0 Å². The summed E-state index contributed by atoms with van der Waals surface area (Å²) in [6, 6.07) is 8.93. The normalized spacial score (nSPS) is 11.6. The van der Waals surface area contributed by atoms with E-state index in [4.69, 9.17) is 32.7 Å². The topological polar surface area (TPSA) is 52.9 Å². The minimum Gasteiger partial charge on any atom is -0.494 e. The van der Waals surface area contributed by atoms with Crippen LogP contribution in [-0.4, -0.2) is 76.4 Å². The van der Waals surface area contributed by atoms with Crippen molar-refractivity contribution in [1.29, 1.82) is 0 Å². The van der Waals surface area contributed by atoms with Gasteiger partial charge >= 0.3 is 0 Å². The van der Waals surface area contributed by atoms with Gasteiger partial charge in [0.2, 0.25) is 0 Å². The maximum Gasteiger partial charge on any atom is 0.148 e. The Balaban J connectivity index is 2.42. The van der Waals surface area contributed by atoms with Crippen molar-refractivity contribution in [1.82, 2.24) is 9.80 Å². The standard InChI is InChI=1S/C26H39Cl2N5O2/c1-7-31(8-2)13-15-33(16-14-32(9-3)10-4)24-19-25(34-5)23(18-26(24)35-6)30-29-22-17-20(27)11-12-21(22)28/h11-12,17-19H,7-10,13-16H2,1-6H3. The Kier molecular flexibility index (Phi) is 12.6. The van der Waals surface area contributed by atoms with E-state index in [1.165, 1.54) is 0 Å². The lowest BCUT2D eigenvalue weighted by molar-refractivity contribution is 0.293. The van der Waals surface area contributed by atoms with Crippen LogP contribution in [0.15, 0.2) is 40.6 Å². The zero-order chi connectivity index (χ0) is 25.8. The monoisotopic (exact) mass is 523 g/mol. The molecule has 2 aromatic carbocycles. The van der Waals surface area contributed by atoms with E-state index in [2.05, 4.69) is 52.6 Å². The predicted octanol–water partition coefficient (Wildman–Crippen LogP) is 6.92. The first-order valence-electron chi connectivity index (χ1n) is 12.2. The van der Waals surface area contributed by atoms with Gasteiger partial charge in [-0.15, -0.1) is 10.2 Å². The van der Waals surface area contributed by atoms with Crippen LogP contribution in [0.5, 0.6) is 11.5 Å². The highest BCUT2D eigenvalue weighted by atomic mass is 35.5. The van der Waals surface area contributed by atoms with E-state index < -0.39 is 0 Å². The van der Waals surface area contributed by atoms with Gasteiger partial charge in [-0.25, -0.2) is 0 Å². The second-order valence-electron chi connectivity index (χ2n) is 8.03. The lowest BCUT2D eigenvalue weighted by Gasteiger charge is -2.31. The van der Waals surface area contributed by atoms with Crippen molar-refractivity contribution in [3.8, 4) is 11.5 Å². The van der Waals surface area contributed by atoms with Crippen LogP contribution < -0.4 is 14.4 Å². The Morgan fingerprint density at radius 1 is 0.686 bits per heavy atom. The molecule has 0 amide bonds. The SMILES string of the molecule is CCN(CC)CCN(CCN(CC)CC)c1cc(OC)c(N=Nc2cc(Cl)ccc2Cl)cc1OC. The molecule has 0 aliphatic carbocycles. The number of azo groups is 1. The van der Waals surface area contributed by atoms with Gasteiger partial charge < -0.3 is 24.2 Å². The number of hydrogen-bond donors (Lipinski definition) is 0. The number of nitrogens with zero attached hydrogens (tertiary/aromatic N) is 5. The lowest BCUT2D eigenvalue weighted by Crippen LogP contribution is -2.40. The molecule has 35 heavy (non-hydrogen) atoms. The molecule has 0 spiro atoms. The minimum absolute atomic E-state index is 0.472. The van der Waals surface area contributed by atoms with Gasteiger partial charge in [-0.05, 0) is 44.4 Å². The average molecular weight is 525 g/mol. The summed E-state index contributed by atoms with van der Waals surface area (Å²) in [6.07, 6.45) is 0. The molecule has 0 bridgehead atoms. The summed E-state index contributed by atoms with van der Waals surface area (Å²) in [7, 11) is 3.31. The van der Waals surface area contributed by atoms with E-state index in [9.17, 15) is 0 Å². The molecule has 0 aliphatic rings. The quantitative estimate of drug-likeness (QED) is 0.237. The summed E-state index contributed by atoms with van der Waals surface area (Å²) in [5, 5.41) is 9.72. The molecule has 0 saturated heterocycles. The van der Waals surface area contributed by atoms with Gasteiger partial charge in [0.05, 0.1) is 24.9 Å². The van der Waals surface area contributed by atoms with E-state index in [1.807, 2.05) is 12.1 Å². The number of likely N-dealkylation sites (N-methyl/N-ethyl adjacent to an activating group) is 2. The van der Waals surface area contributed by atoms with Gasteiger partial charge in [-0.3, -0.25) is 0 Å². The van der Waals surface area contributed by atoms with Crippen molar-refractivity contribution in [2.45, 2.75) is 27.7 Å². The van der Waals surface area contributed by atoms with E-state index >= 15 is 0 Å². The molecule has 0 unspecified atom stereocenters. The van der Waals surface area contributed by atoms with Gasteiger partial charge in [-0.1, -0.05) is 50.9 Å². The molecular formula is C26H39Cl2N5O2. The molecule has 0 atom stereocenters. The first-order chi connectivity index (χ1) is 16.9. The Bertz CT molecular complexity index is 934. The first-order valence-corrected chi connectivity index (χ1v) is 13.0. The number of hydrogen-bond acceptors (Lipinski definition) is 7. The Morgan fingerprint density at radius 2 is 1.23 bits per heavy atom. The Labute approximate surface area is 220 Å². The van der Waals surface area contributed by atoms with E-state index in [-0.39, 0.29) is 0 Å².